The summed E-state index contributed by atoms with van der Waals surface area (Å²) >= 11 is 0. The molecular formula is C13H15NO2. The molecule has 1 N–H and O–H groups in total. The van der Waals surface area contributed by atoms with Crippen LogP contribution < -0.4 is 10.1 Å². The summed E-state index contributed by atoms with van der Waals surface area (Å²) in [5.41, 5.74) is 1.09. The fourth-order valence-corrected chi connectivity index (χ4v) is 1.23. The number of amides is 1. The lowest BCUT2D eigenvalue weighted by Crippen LogP contribution is -2.36. The van der Waals surface area contributed by atoms with Gasteiger partial charge in [0, 0.05) is 0 Å². The molecule has 0 heterocycles. The molecule has 1 atom stereocenters. The highest BCUT2D eigenvalue weighted by Crippen LogP contribution is 2.13. The van der Waals surface area contributed by atoms with Crippen molar-refractivity contribution in [2.75, 3.05) is 6.54 Å². The molecule has 1 aromatic rings. The van der Waals surface area contributed by atoms with Crippen LogP contribution in [0.15, 0.2) is 24.3 Å². The molecule has 1 rings (SSSR count). The van der Waals surface area contributed by atoms with Crippen LogP contribution in [0, 0.1) is 19.3 Å². The van der Waals surface area contributed by atoms with Gasteiger partial charge in [0.25, 0.3) is 5.91 Å². The van der Waals surface area contributed by atoms with Gasteiger partial charge in [0.05, 0.1) is 6.54 Å². The maximum atomic E-state index is 11.5. The summed E-state index contributed by atoms with van der Waals surface area (Å²) in [6.07, 6.45) is 4.50. The lowest BCUT2D eigenvalue weighted by molar-refractivity contribution is -0.126. The average molecular weight is 217 g/mol. The number of benzene rings is 1. The summed E-state index contributed by atoms with van der Waals surface area (Å²) in [7, 11) is 0. The zero-order valence-corrected chi connectivity index (χ0v) is 9.49. The van der Waals surface area contributed by atoms with Crippen LogP contribution in [0.1, 0.15) is 12.5 Å². The van der Waals surface area contributed by atoms with Crippen LogP contribution in [0.25, 0.3) is 0 Å². The Bertz CT molecular complexity index is 407. The summed E-state index contributed by atoms with van der Waals surface area (Å²) < 4.78 is 5.47. The van der Waals surface area contributed by atoms with Gasteiger partial charge in [0.2, 0.25) is 0 Å². The Balaban J connectivity index is 2.54. The highest BCUT2D eigenvalue weighted by Gasteiger charge is 2.13. The number of aryl methyl sites for hydroxylation is 1. The first-order valence-electron chi connectivity index (χ1n) is 5.08. The smallest absolute Gasteiger partial charge is 0.261 e. The predicted octanol–water partition coefficient (Wildman–Crippen LogP) is 1.51. The molecule has 84 valence electrons. The number of ether oxygens (including phenoxy) is 1. The van der Waals surface area contributed by atoms with Crippen LogP contribution in [0.5, 0.6) is 5.75 Å². The number of hydrogen-bond donors (Lipinski definition) is 1. The zero-order valence-electron chi connectivity index (χ0n) is 9.49. The van der Waals surface area contributed by atoms with E-state index in [2.05, 4.69) is 11.2 Å². The first kappa shape index (κ1) is 12.1. The third-order valence-electron chi connectivity index (χ3n) is 2.04. The first-order chi connectivity index (χ1) is 7.63. The van der Waals surface area contributed by atoms with E-state index in [1.54, 1.807) is 6.92 Å². The summed E-state index contributed by atoms with van der Waals surface area (Å²) in [4.78, 5) is 11.5. The number of hydrogen-bond acceptors (Lipinski definition) is 2. The predicted molar refractivity (Wildman–Crippen MR) is 63.1 cm³/mol. The van der Waals surface area contributed by atoms with Crippen molar-refractivity contribution >= 4 is 5.91 Å². The van der Waals surface area contributed by atoms with Crippen LogP contribution in [0.4, 0.5) is 0 Å². The number of terminal acetylenes is 1. The molecule has 0 radical (unpaired) electrons. The van der Waals surface area contributed by atoms with Crippen LogP contribution in [0.2, 0.25) is 0 Å². The van der Waals surface area contributed by atoms with E-state index in [-0.39, 0.29) is 12.5 Å². The molecule has 0 saturated heterocycles. The van der Waals surface area contributed by atoms with E-state index >= 15 is 0 Å². The average Bonchev–Trinajstić information content (AvgIpc) is 2.25. The van der Waals surface area contributed by atoms with Crippen molar-refractivity contribution in [2.24, 2.45) is 0 Å². The molecule has 0 aromatic heterocycles. The fourth-order valence-electron chi connectivity index (χ4n) is 1.23. The van der Waals surface area contributed by atoms with Gasteiger partial charge >= 0.3 is 0 Å². The summed E-state index contributed by atoms with van der Waals surface area (Å²) in [5, 5.41) is 2.57. The molecule has 3 heteroatoms. The minimum Gasteiger partial charge on any atom is -0.481 e. The van der Waals surface area contributed by atoms with Gasteiger partial charge in [-0.15, -0.1) is 6.42 Å². The summed E-state index contributed by atoms with van der Waals surface area (Å²) in [6.45, 7) is 3.88. The Morgan fingerprint density at radius 1 is 1.62 bits per heavy atom. The molecule has 0 aliphatic heterocycles. The maximum absolute atomic E-state index is 11.5. The fraction of sp³-hybridized carbons (Fsp3) is 0.308. The molecule has 3 nitrogen and oxygen atoms in total. The van der Waals surface area contributed by atoms with Gasteiger partial charge in [-0.2, -0.15) is 0 Å². The van der Waals surface area contributed by atoms with Gasteiger partial charge in [-0.3, -0.25) is 4.79 Å². The van der Waals surface area contributed by atoms with Crippen LogP contribution in [-0.4, -0.2) is 18.6 Å². The quantitative estimate of drug-likeness (QED) is 0.776. The summed E-state index contributed by atoms with van der Waals surface area (Å²) in [5.74, 6) is 2.81. The van der Waals surface area contributed by atoms with Gasteiger partial charge in [0.1, 0.15) is 5.75 Å². The SMILES string of the molecule is C#CCNC(=O)C(C)Oc1cccc(C)c1. The Morgan fingerprint density at radius 3 is 3.00 bits per heavy atom. The third-order valence-corrected chi connectivity index (χ3v) is 2.04. The number of rotatable bonds is 4. The molecule has 0 fully saturated rings. The molecule has 1 amide bonds. The third kappa shape index (κ3) is 3.66. The van der Waals surface area contributed by atoms with Crippen molar-refractivity contribution in [3.05, 3.63) is 29.8 Å². The lowest BCUT2D eigenvalue weighted by Gasteiger charge is -2.13. The normalized spacial score (nSPS) is 11.3. The monoisotopic (exact) mass is 217 g/mol. The van der Waals surface area contributed by atoms with E-state index in [9.17, 15) is 4.79 Å². The molecule has 0 saturated carbocycles. The second-order valence-electron chi connectivity index (χ2n) is 3.50. The van der Waals surface area contributed by atoms with E-state index in [1.807, 2.05) is 31.2 Å². The first-order valence-corrected chi connectivity index (χ1v) is 5.08. The van der Waals surface area contributed by atoms with Gasteiger partial charge in [0.15, 0.2) is 6.10 Å². The second-order valence-corrected chi connectivity index (χ2v) is 3.50. The van der Waals surface area contributed by atoms with Gasteiger partial charge in [-0.05, 0) is 31.5 Å². The number of nitrogens with one attached hydrogen (secondary N) is 1. The molecule has 1 aromatic carbocycles. The Morgan fingerprint density at radius 2 is 2.38 bits per heavy atom. The van der Waals surface area contributed by atoms with Crippen molar-refractivity contribution < 1.29 is 9.53 Å². The van der Waals surface area contributed by atoms with Gasteiger partial charge in [-0.25, -0.2) is 0 Å². The van der Waals surface area contributed by atoms with Gasteiger partial charge in [-0.1, -0.05) is 18.1 Å². The zero-order chi connectivity index (χ0) is 12.0. The Kier molecular flexibility index (Phi) is 4.41. The minimum absolute atomic E-state index is 0.209. The van der Waals surface area contributed by atoms with E-state index in [1.165, 1.54) is 0 Å². The largest absolute Gasteiger partial charge is 0.481 e. The Hall–Kier alpha value is -1.95. The van der Waals surface area contributed by atoms with E-state index in [0.29, 0.717) is 5.75 Å². The van der Waals surface area contributed by atoms with E-state index in [4.69, 9.17) is 11.2 Å². The molecule has 0 aliphatic rings. The number of carbonyl (C=O) groups excluding carboxylic acids is 1. The highest BCUT2D eigenvalue weighted by atomic mass is 16.5. The van der Waals surface area contributed by atoms with Crippen molar-refractivity contribution in [2.45, 2.75) is 20.0 Å². The van der Waals surface area contributed by atoms with Crippen molar-refractivity contribution in [3.8, 4) is 18.1 Å². The maximum Gasteiger partial charge on any atom is 0.261 e. The van der Waals surface area contributed by atoms with Crippen LogP contribution in [0.3, 0.4) is 0 Å². The molecule has 0 bridgehead atoms. The highest BCUT2D eigenvalue weighted by molar-refractivity contribution is 5.80. The number of carbonyl (C=O) groups is 1. The summed E-state index contributed by atoms with van der Waals surface area (Å²) in [6, 6.07) is 7.55. The minimum atomic E-state index is -0.546. The molecular weight excluding hydrogens is 202 g/mol. The van der Waals surface area contributed by atoms with E-state index in [0.717, 1.165) is 5.56 Å². The standard InChI is InChI=1S/C13H15NO2/c1-4-8-14-13(15)11(3)16-12-7-5-6-10(2)9-12/h1,5-7,9,11H,8H2,2-3H3,(H,14,15). The topological polar surface area (TPSA) is 38.3 Å². The Labute approximate surface area is 95.8 Å². The van der Waals surface area contributed by atoms with Crippen molar-refractivity contribution in [1.82, 2.24) is 5.32 Å². The van der Waals surface area contributed by atoms with Gasteiger partial charge < -0.3 is 10.1 Å². The van der Waals surface area contributed by atoms with Crippen molar-refractivity contribution in [1.29, 1.82) is 0 Å². The van der Waals surface area contributed by atoms with Crippen LogP contribution in [-0.2, 0) is 4.79 Å². The molecule has 16 heavy (non-hydrogen) atoms. The molecule has 0 aliphatic carbocycles. The van der Waals surface area contributed by atoms with E-state index < -0.39 is 6.10 Å². The molecule has 0 spiro atoms. The lowest BCUT2D eigenvalue weighted by atomic mass is 10.2. The van der Waals surface area contributed by atoms with Crippen molar-refractivity contribution in [3.63, 3.8) is 0 Å². The molecule has 1 unspecified atom stereocenters. The second kappa shape index (κ2) is 5.82. The van der Waals surface area contributed by atoms with Crippen LogP contribution >= 0.6 is 0 Å².